The third-order valence-electron chi connectivity index (χ3n) is 2.97. The molecule has 19 heavy (non-hydrogen) atoms. The highest BCUT2D eigenvalue weighted by atomic mass is 19.4. The first-order chi connectivity index (χ1) is 8.89. The molecule has 1 aromatic heterocycles. The van der Waals surface area contributed by atoms with Gasteiger partial charge in [0.2, 0.25) is 0 Å². The van der Waals surface area contributed by atoms with Crippen LogP contribution in [0.15, 0.2) is 0 Å². The second kappa shape index (κ2) is 5.37. The van der Waals surface area contributed by atoms with Crippen LogP contribution in [0.2, 0.25) is 0 Å². The van der Waals surface area contributed by atoms with Crippen molar-refractivity contribution < 1.29 is 22.7 Å². The van der Waals surface area contributed by atoms with Crippen molar-refractivity contribution in [3.8, 4) is 0 Å². The van der Waals surface area contributed by atoms with E-state index in [2.05, 4.69) is 15.5 Å². The van der Waals surface area contributed by atoms with E-state index in [1.807, 2.05) is 0 Å². The molecule has 2 rings (SSSR count). The number of halogens is 4. The maximum Gasteiger partial charge on any atom is 0.408 e. The molecule has 0 aliphatic carbocycles. The SMILES string of the molecule is OC[C@@H]1C[C@H](F)CN1Cc1nnnn1CC(F)(F)F. The minimum Gasteiger partial charge on any atom is -0.395 e. The highest BCUT2D eigenvalue weighted by Gasteiger charge is 2.34. The Morgan fingerprint density at radius 3 is 2.74 bits per heavy atom. The number of aromatic nitrogens is 4. The lowest BCUT2D eigenvalue weighted by molar-refractivity contribution is -0.143. The Hall–Kier alpha value is -1.29. The summed E-state index contributed by atoms with van der Waals surface area (Å²) in [7, 11) is 0. The van der Waals surface area contributed by atoms with Crippen LogP contribution in [0, 0.1) is 0 Å². The van der Waals surface area contributed by atoms with Gasteiger partial charge in [-0.1, -0.05) is 0 Å². The Morgan fingerprint density at radius 2 is 2.11 bits per heavy atom. The number of tetrazole rings is 1. The normalized spacial score (nSPS) is 25.1. The van der Waals surface area contributed by atoms with Crippen LogP contribution < -0.4 is 0 Å². The van der Waals surface area contributed by atoms with Crippen molar-refractivity contribution in [3.63, 3.8) is 0 Å². The zero-order valence-corrected chi connectivity index (χ0v) is 9.89. The molecule has 0 aromatic carbocycles. The first-order valence-corrected chi connectivity index (χ1v) is 5.70. The van der Waals surface area contributed by atoms with Crippen LogP contribution in [-0.4, -0.2) is 61.8 Å². The second-order valence-corrected chi connectivity index (χ2v) is 4.47. The maximum atomic E-state index is 13.2. The van der Waals surface area contributed by atoms with Gasteiger partial charge in [0.25, 0.3) is 0 Å². The fourth-order valence-electron chi connectivity index (χ4n) is 2.12. The highest BCUT2D eigenvalue weighted by Crippen LogP contribution is 2.22. The van der Waals surface area contributed by atoms with Gasteiger partial charge in [-0.2, -0.15) is 13.2 Å². The fraction of sp³-hybridized carbons (Fsp3) is 0.889. The molecule has 0 unspecified atom stereocenters. The highest BCUT2D eigenvalue weighted by molar-refractivity contribution is 4.90. The predicted molar refractivity (Wildman–Crippen MR) is 54.7 cm³/mol. The van der Waals surface area contributed by atoms with Crippen LogP contribution in [0.1, 0.15) is 12.2 Å². The van der Waals surface area contributed by atoms with Crippen molar-refractivity contribution in [1.82, 2.24) is 25.1 Å². The molecule has 0 amide bonds. The molecule has 1 aromatic rings. The summed E-state index contributed by atoms with van der Waals surface area (Å²) in [6.07, 6.45) is -5.35. The summed E-state index contributed by atoms with van der Waals surface area (Å²) in [5.41, 5.74) is 0. The molecule has 0 bridgehead atoms. The number of nitrogens with zero attached hydrogens (tertiary/aromatic N) is 5. The molecule has 0 spiro atoms. The molecule has 1 aliphatic heterocycles. The van der Waals surface area contributed by atoms with Gasteiger partial charge in [0.1, 0.15) is 12.7 Å². The molecule has 1 N–H and O–H groups in total. The summed E-state index contributed by atoms with van der Waals surface area (Å²) < 4.78 is 50.7. The summed E-state index contributed by atoms with van der Waals surface area (Å²) in [5, 5.41) is 19.1. The molecule has 10 heteroatoms. The second-order valence-electron chi connectivity index (χ2n) is 4.47. The molecule has 1 aliphatic rings. The lowest BCUT2D eigenvalue weighted by Crippen LogP contribution is -2.33. The lowest BCUT2D eigenvalue weighted by Gasteiger charge is -2.21. The van der Waals surface area contributed by atoms with Crippen molar-refractivity contribution in [2.24, 2.45) is 0 Å². The van der Waals surface area contributed by atoms with Gasteiger partial charge in [-0.25, -0.2) is 9.07 Å². The van der Waals surface area contributed by atoms with Gasteiger partial charge in [-0.05, 0) is 16.8 Å². The van der Waals surface area contributed by atoms with E-state index in [4.69, 9.17) is 5.11 Å². The summed E-state index contributed by atoms with van der Waals surface area (Å²) in [6.45, 7) is -1.49. The fourth-order valence-corrected chi connectivity index (χ4v) is 2.12. The number of alkyl halides is 4. The van der Waals surface area contributed by atoms with Crippen LogP contribution in [0.4, 0.5) is 17.6 Å². The number of rotatable bonds is 4. The molecule has 108 valence electrons. The van der Waals surface area contributed by atoms with Crippen molar-refractivity contribution >= 4 is 0 Å². The first-order valence-electron chi connectivity index (χ1n) is 5.70. The third kappa shape index (κ3) is 3.60. The van der Waals surface area contributed by atoms with Gasteiger partial charge < -0.3 is 5.11 Å². The Bertz CT molecular complexity index is 423. The van der Waals surface area contributed by atoms with E-state index in [1.54, 1.807) is 4.90 Å². The molecule has 2 heterocycles. The Kier molecular flexibility index (Phi) is 3.99. The lowest BCUT2D eigenvalue weighted by atomic mass is 10.2. The molecular weight excluding hydrogens is 270 g/mol. The molecule has 1 saturated heterocycles. The third-order valence-corrected chi connectivity index (χ3v) is 2.97. The minimum absolute atomic E-state index is 0.00451. The summed E-state index contributed by atoms with van der Waals surface area (Å²) in [4.78, 5) is 1.54. The summed E-state index contributed by atoms with van der Waals surface area (Å²) in [6, 6.07) is -0.411. The Balaban J connectivity index is 2.05. The van der Waals surface area contributed by atoms with E-state index in [1.165, 1.54) is 0 Å². The van der Waals surface area contributed by atoms with Crippen molar-refractivity contribution in [2.45, 2.75) is 37.9 Å². The topological polar surface area (TPSA) is 67.1 Å². The first kappa shape index (κ1) is 14.1. The molecule has 6 nitrogen and oxygen atoms in total. The van der Waals surface area contributed by atoms with Gasteiger partial charge >= 0.3 is 6.18 Å². The van der Waals surface area contributed by atoms with E-state index >= 15 is 0 Å². The average molecular weight is 283 g/mol. The molecule has 2 atom stereocenters. The average Bonchev–Trinajstić information content (AvgIpc) is 2.84. The molecule has 0 radical (unpaired) electrons. The van der Waals surface area contributed by atoms with E-state index in [-0.39, 0.29) is 31.9 Å². The Labute approximate surface area is 106 Å². The molecule has 1 fully saturated rings. The minimum atomic E-state index is -4.42. The zero-order valence-electron chi connectivity index (χ0n) is 9.89. The van der Waals surface area contributed by atoms with Gasteiger partial charge in [-0.15, -0.1) is 5.10 Å². The van der Waals surface area contributed by atoms with E-state index in [0.717, 1.165) is 0 Å². The number of aliphatic hydroxyl groups excluding tert-OH is 1. The largest absolute Gasteiger partial charge is 0.408 e. The van der Waals surface area contributed by atoms with E-state index in [0.29, 0.717) is 4.68 Å². The van der Waals surface area contributed by atoms with Gasteiger partial charge in [0.05, 0.1) is 13.2 Å². The van der Waals surface area contributed by atoms with Crippen LogP contribution in [0.5, 0.6) is 0 Å². The Morgan fingerprint density at radius 1 is 1.37 bits per heavy atom. The van der Waals surface area contributed by atoms with Crippen LogP contribution >= 0.6 is 0 Å². The van der Waals surface area contributed by atoms with E-state index in [9.17, 15) is 17.6 Å². The van der Waals surface area contributed by atoms with Crippen molar-refractivity contribution in [1.29, 1.82) is 0 Å². The van der Waals surface area contributed by atoms with Crippen LogP contribution in [-0.2, 0) is 13.1 Å². The quantitative estimate of drug-likeness (QED) is 0.796. The smallest absolute Gasteiger partial charge is 0.395 e. The molecular formula is C9H13F4N5O. The number of aliphatic hydroxyl groups is 1. The monoisotopic (exact) mass is 283 g/mol. The number of hydrogen-bond acceptors (Lipinski definition) is 5. The van der Waals surface area contributed by atoms with Gasteiger partial charge in [0.15, 0.2) is 5.82 Å². The van der Waals surface area contributed by atoms with E-state index < -0.39 is 24.9 Å². The van der Waals surface area contributed by atoms with Gasteiger partial charge in [-0.3, -0.25) is 4.90 Å². The number of hydrogen-bond donors (Lipinski definition) is 1. The van der Waals surface area contributed by atoms with Gasteiger partial charge in [0, 0.05) is 12.6 Å². The summed E-state index contributed by atoms with van der Waals surface area (Å²) in [5.74, 6) is 0.00451. The number of likely N-dealkylation sites (tertiary alicyclic amines) is 1. The summed E-state index contributed by atoms with van der Waals surface area (Å²) >= 11 is 0. The van der Waals surface area contributed by atoms with Crippen molar-refractivity contribution in [3.05, 3.63) is 5.82 Å². The van der Waals surface area contributed by atoms with Crippen molar-refractivity contribution in [2.75, 3.05) is 13.2 Å². The zero-order chi connectivity index (χ0) is 14.0. The predicted octanol–water partition coefficient (Wildman–Crippen LogP) is 0.140. The van der Waals surface area contributed by atoms with Crippen LogP contribution in [0.25, 0.3) is 0 Å². The van der Waals surface area contributed by atoms with Crippen LogP contribution in [0.3, 0.4) is 0 Å². The maximum absolute atomic E-state index is 13.2. The molecule has 0 saturated carbocycles. The standard InChI is InChI=1S/C9H13F4N5O/c10-6-1-7(4-19)17(2-6)3-8-14-15-16-18(8)5-9(11,12)13/h6-7,19H,1-5H2/t6-,7-/m0/s1.